The molecule has 4 nitrogen and oxygen atoms in total. The molecule has 0 spiro atoms. The Morgan fingerprint density at radius 3 is 3.17 bits per heavy atom. The Hall–Kier alpha value is -1.71. The van der Waals surface area contributed by atoms with Crippen molar-refractivity contribution in [3.05, 3.63) is 24.1 Å². The molecule has 0 fully saturated rings. The Morgan fingerprint density at radius 2 is 2.33 bits per heavy atom. The number of allylic oxidation sites excluding steroid dienone is 1. The van der Waals surface area contributed by atoms with Crippen LogP contribution >= 0.6 is 0 Å². The van der Waals surface area contributed by atoms with E-state index in [1.807, 2.05) is 0 Å². The molecule has 2 rings (SSSR count). The van der Waals surface area contributed by atoms with E-state index in [2.05, 4.69) is 9.98 Å². The van der Waals surface area contributed by atoms with Crippen LogP contribution in [-0.2, 0) is 4.79 Å². The second-order valence-corrected chi connectivity index (χ2v) is 2.54. The number of dihydropyridines is 1. The highest BCUT2D eigenvalue weighted by molar-refractivity contribution is 6.36. The molecule has 1 amide bonds. The van der Waals surface area contributed by atoms with Crippen molar-refractivity contribution in [3.8, 4) is 0 Å². The number of aliphatic imine (C=N–C) groups is 2. The number of aliphatic hydroxyl groups is 1. The van der Waals surface area contributed by atoms with E-state index >= 15 is 0 Å². The quantitative estimate of drug-likeness (QED) is 0.567. The zero-order valence-corrected chi connectivity index (χ0v) is 6.14. The van der Waals surface area contributed by atoms with Crippen LogP contribution in [-0.4, -0.2) is 22.9 Å². The van der Waals surface area contributed by atoms with Gasteiger partial charge in [0.25, 0.3) is 5.91 Å². The van der Waals surface area contributed by atoms with E-state index in [-0.39, 0.29) is 11.7 Å². The summed E-state index contributed by atoms with van der Waals surface area (Å²) in [6.45, 7) is 0. The fourth-order valence-electron chi connectivity index (χ4n) is 1.16. The highest BCUT2D eigenvalue weighted by atomic mass is 16.3. The summed E-state index contributed by atoms with van der Waals surface area (Å²) in [7, 11) is 0. The summed E-state index contributed by atoms with van der Waals surface area (Å²) in [5.41, 5.74) is 0.502. The van der Waals surface area contributed by atoms with Gasteiger partial charge in [-0.3, -0.25) is 9.79 Å². The fraction of sp³-hybridized carbons (Fsp3) is 0.125. The lowest BCUT2D eigenvalue weighted by Gasteiger charge is -2.16. The molecule has 0 aromatic rings. The van der Waals surface area contributed by atoms with Gasteiger partial charge in [0.15, 0.2) is 0 Å². The van der Waals surface area contributed by atoms with Crippen LogP contribution in [0.3, 0.4) is 0 Å². The van der Waals surface area contributed by atoms with E-state index in [0.717, 1.165) is 6.08 Å². The summed E-state index contributed by atoms with van der Waals surface area (Å²) < 4.78 is 0. The molecule has 0 aromatic carbocycles. The van der Waals surface area contributed by atoms with Crippen LogP contribution < -0.4 is 0 Å². The van der Waals surface area contributed by atoms with Gasteiger partial charge in [0.05, 0.1) is 11.6 Å². The number of aliphatic hydroxyl groups excluding tert-OH is 1. The number of amides is 1. The number of carbonyl (C=O) groups excluding carboxylic acids is 1. The predicted octanol–water partition coefficient (Wildman–Crippen LogP) is 0.624. The number of hydrogen-bond acceptors (Lipinski definition) is 3. The summed E-state index contributed by atoms with van der Waals surface area (Å²) in [6.07, 6.45) is 5.87. The second-order valence-electron chi connectivity index (χ2n) is 2.54. The fourth-order valence-corrected chi connectivity index (χ4v) is 1.16. The second kappa shape index (κ2) is 2.41. The average Bonchev–Trinajstić information content (AvgIpc) is 2.04. The molecule has 1 unspecified atom stereocenters. The summed E-state index contributed by atoms with van der Waals surface area (Å²) in [6, 6.07) is 0. The number of fused-ring (bicyclic) bond motifs is 1. The lowest BCUT2D eigenvalue weighted by atomic mass is 9.97. The van der Waals surface area contributed by atoms with E-state index in [9.17, 15) is 9.90 Å². The third-order valence-corrected chi connectivity index (χ3v) is 1.72. The number of rotatable bonds is 0. The van der Waals surface area contributed by atoms with Gasteiger partial charge in [-0.2, -0.15) is 0 Å². The molecular weight excluding hydrogens is 156 g/mol. The third-order valence-electron chi connectivity index (χ3n) is 1.72. The number of carbonyl (C=O) groups is 1. The molecule has 0 aromatic heterocycles. The van der Waals surface area contributed by atoms with Crippen LogP contribution in [0.15, 0.2) is 34.1 Å². The number of nitrogens with zero attached hydrogens (tertiary/aromatic N) is 2. The van der Waals surface area contributed by atoms with Crippen molar-refractivity contribution >= 4 is 17.8 Å². The van der Waals surface area contributed by atoms with Gasteiger partial charge in [-0.1, -0.05) is 0 Å². The molecule has 1 N–H and O–H groups in total. The van der Waals surface area contributed by atoms with Gasteiger partial charge < -0.3 is 5.11 Å². The zero-order chi connectivity index (χ0) is 8.55. The van der Waals surface area contributed by atoms with Crippen molar-refractivity contribution in [1.29, 1.82) is 0 Å². The average molecular weight is 162 g/mol. The van der Waals surface area contributed by atoms with Gasteiger partial charge in [-0.25, -0.2) is 4.99 Å². The Morgan fingerprint density at radius 1 is 1.50 bits per heavy atom. The van der Waals surface area contributed by atoms with Crippen molar-refractivity contribution < 1.29 is 9.90 Å². The molecule has 0 saturated heterocycles. The first-order chi connectivity index (χ1) is 5.77. The summed E-state index contributed by atoms with van der Waals surface area (Å²) >= 11 is 0. The van der Waals surface area contributed by atoms with Gasteiger partial charge in [0.2, 0.25) is 0 Å². The van der Waals surface area contributed by atoms with E-state index in [1.165, 1.54) is 6.21 Å². The van der Waals surface area contributed by atoms with Crippen LogP contribution in [0.5, 0.6) is 0 Å². The topological polar surface area (TPSA) is 62.0 Å². The van der Waals surface area contributed by atoms with Crippen LogP contribution in [0.1, 0.15) is 0 Å². The first kappa shape index (κ1) is 6.97. The maximum atomic E-state index is 10.8. The first-order valence-corrected chi connectivity index (χ1v) is 3.50. The van der Waals surface area contributed by atoms with Crippen molar-refractivity contribution in [2.24, 2.45) is 15.9 Å². The molecule has 4 heteroatoms. The van der Waals surface area contributed by atoms with Gasteiger partial charge in [-0.05, 0) is 6.08 Å². The van der Waals surface area contributed by atoms with E-state index in [1.54, 1.807) is 12.3 Å². The Bertz CT molecular complexity index is 350. The van der Waals surface area contributed by atoms with Crippen molar-refractivity contribution in [2.75, 3.05) is 0 Å². The van der Waals surface area contributed by atoms with Crippen molar-refractivity contribution in [1.82, 2.24) is 0 Å². The SMILES string of the molecule is O=C1C=C(O)C2C=CN=CC2=N1. The molecule has 2 aliphatic rings. The Labute approximate surface area is 68.6 Å². The largest absolute Gasteiger partial charge is 0.511 e. The van der Waals surface area contributed by atoms with Gasteiger partial charge >= 0.3 is 0 Å². The minimum absolute atomic E-state index is 0.0346. The first-order valence-electron chi connectivity index (χ1n) is 3.50. The number of hydrogen-bond donors (Lipinski definition) is 1. The van der Waals surface area contributed by atoms with Crippen molar-refractivity contribution in [2.45, 2.75) is 0 Å². The monoisotopic (exact) mass is 162 g/mol. The van der Waals surface area contributed by atoms with Gasteiger partial charge in [0.1, 0.15) is 5.76 Å². The van der Waals surface area contributed by atoms with Crippen LogP contribution in [0.2, 0.25) is 0 Å². The molecular formula is C8H6N2O2. The van der Waals surface area contributed by atoms with Crippen LogP contribution in [0, 0.1) is 5.92 Å². The molecule has 2 aliphatic heterocycles. The van der Waals surface area contributed by atoms with Crippen LogP contribution in [0.25, 0.3) is 0 Å². The molecule has 0 aliphatic carbocycles. The molecule has 60 valence electrons. The summed E-state index contributed by atoms with van der Waals surface area (Å²) in [4.78, 5) is 18.3. The third kappa shape index (κ3) is 0.972. The highest BCUT2D eigenvalue weighted by Crippen LogP contribution is 2.18. The maximum absolute atomic E-state index is 10.8. The Kier molecular flexibility index (Phi) is 1.40. The smallest absolute Gasteiger partial charge is 0.273 e. The minimum Gasteiger partial charge on any atom is -0.511 e. The lowest BCUT2D eigenvalue weighted by molar-refractivity contribution is -0.113. The molecule has 12 heavy (non-hydrogen) atoms. The normalized spacial score (nSPS) is 26.3. The van der Waals surface area contributed by atoms with E-state index < -0.39 is 5.91 Å². The Balaban J connectivity index is 2.44. The predicted molar refractivity (Wildman–Crippen MR) is 44.3 cm³/mol. The molecule has 0 bridgehead atoms. The zero-order valence-electron chi connectivity index (χ0n) is 6.14. The molecule has 1 atom stereocenters. The standard InChI is InChI=1S/C8H6N2O2/c11-7-3-8(12)10-6-4-9-2-1-5(6)7/h1-5,11H. The minimum atomic E-state index is -0.430. The maximum Gasteiger partial charge on any atom is 0.273 e. The van der Waals surface area contributed by atoms with Crippen LogP contribution in [0.4, 0.5) is 0 Å². The summed E-state index contributed by atoms with van der Waals surface area (Å²) in [5, 5.41) is 9.32. The molecule has 2 heterocycles. The van der Waals surface area contributed by atoms with E-state index in [4.69, 9.17) is 0 Å². The van der Waals surface area contributed by atoms with Gasteiger partial charge in [0, 0.05) is 18.5 Å². The lowest BCUT2D eigenvalue weighted by Crippen LogP contribution is -2.23. The molecule has 0 radical (unpaired) electrons. The summed E-state index contributed by atoms with van der Waals surface area (Å²) in [5.74, 6) is -0.673. The van der Waals surface area contributed by atoms with Crippen molar-refractivity contribution in [3.63, 3.8) is 0 Å². The molecule has 0 saturated carbocycles. The van der Waals surface area contributed by atoms with Gasteiger partial charge in [-0.15, -0.1) is 0 Å². The van der Waals surface area contributed by atoms with E-state index in [0.29, 0.717) is 5.71 Å². The highest BCUT2D eigenvalue weighted by Gasteiger charge is 2.23.